The van der Waals surface area contributed by atoms with Gasteiger partial charge in [0.2, 0.25) is 11.8 Å². The molecule has 0 aliphatic rings. The highest BCUT2D eigenvalue weighted by molar-refractivity contribution is 9.10. The standard InChI is InChI=1S/C36H40BrN3O5S/c1-3-5-24-38-36(42)33(25-28-14-8-6-9-15-28)39(26-29-20-22-30(37)23-21-29)35(41)27-40(32-18-12-13-19-34(32)45-4-2)46(43,44)31-16-10-7-11-17-31/h6-23,33H,3-5,24-27H2,1-2H3,(H,38,42)/t33-/m1/s1. The summed E-state index contributed by atoms with van der Waals surface area (Å²) >= 11 is 3.46. The summed E-state index contributed by atoms with van der Waals surface area (Å²) in [6, 6.07) is 30.8. The van der Waals surface area contributed by atoms with Crippen molar-refractivity contribution in [3.05, 3.63) is 125 Å². The summed E-state index contributed by atoms with van der Waals surface area (Å²) in [5, 5.41) is 3.01. The highest BCUT2D eigenvalue weighted by Crippen LogP contribution is 2.33. The molecular weight excluding hydrogens is 666 g/mol. The van der Waals surface area contributed by atoms with Crippen molar-refractivity contribution in [3.63, 3.8) is 0 Å². The molecule has 0 heterocycles. The second kappa shape index (κ2) is 17.0. The number of anilines is 1. The van der Waals surface area contributed by atoms with E-state index in [4.69, 9.17) is 4.74 Å². The molecule has 10 heteroatoms. The van der Waals surface area contributed by atoms with Crippen molar-refractivity contribution >= 4 is 43.5 Å². The van der Waals surface area contributed by atoms with Gasteiger partial charge in [0.1, 0.15) is 18.3 Å². The molecule has 1 N–H and O–H groups in total. The minimum absolute atomic E-state index is 0.0340. The smallest absolute Gasteiger partial charge is 0.264 e. The van der Waals surface area contributed by atoms with Gasteiger partial charge in [-0.25, -0.2) is 8.42 Å². The molecule has 1 atom stereocenters. The van der Waals surface area contributed by atoms with Crippen molar-refractivity contribution in [1.29, 1.82) is 0 Å². The third-order valence-corrected chi connectivity index (χ3v) is 9.71. The van der Waals surface area contributed by atoms with Crippen LogP contribution in [0.1, 0.15) is 37.8 Å². The zero-order chi connectivity index (χ0) is 32.9. The molecule has 0 spiro atoms. The maximum absolute atomic E-state index is 14.6. The average molecular weight is 707 g/mol. The zero-order valence-electron chi connectivity index (χ0n) is 26.1. The number of para-hydroxylation sites is 2. The Kier molecular flexibility index (Phi) is 12.8. The maximum Gasteiger partial charge on any atom is 0.264 e. The molecule has 242 valence electrons. The van der Waals surface area contributed by atoms with Gasteiger partial charge in [-0.3, -0.25) is 13.9 Å². The fourth-order valence-corrected chi connectivity index (χ4v) is 6.73. The Bertz CT molecular complexity index is 1670. The highest BCUT2D eigenvalue weighted by atomic mass is 79.9. The van der Waals surface area contributed by atoms with Gasteiger partial charge >= 0.3 is 0 Å². The van der Waals surface area contributed by atoms with Crippen LogP contribution in [0.4, 0.5) is 5.69 Å². The first-order valence-electron chi connectivity index (χ1n) is 15.4. The summed E-state index contributed by atoms with van der Waals surface area (Å²) in [5.74, 6) is -0.495. The number of carbonyl (C=O) groups is 2. The predicted octanol–water partition coefficient (Wildman–Crippen LogP) is 6.60. The van der Waals surface area contributed by atoms with Crippen LogP contribution in [0.5, 0.6) is 5.75 Å². The molecule has 46 heavy (non-hydrogen) atoms. The van der Waals surface area contributed by atoms with E-state index in [1.54, 1.807) is 42.5 Å². The predicted molar refractivity (Wildman–Crippen MR) is 185 cm³/mol. The molecule has 0 fully saturated rings. The second-order valence-electron chi connectivity index (χ2n) is 10.7. The molecule has 0 aliphatic carbocycles. The average Bonchev–Trinajstić information content (AvgIpc) is 3.07. The van der Waals surface area contributed by atoms with Crippen molar-refractivity contribution in [2.24, 2.45) is 0 Å². The lowest BCUT2D eigenvalue weighted by Gasteiger charge is -2.34. The van der Waals surface area contributed by atoms with Gasteiger partial charge in [0.15, 0.2) is 0 Å². The summed E-state index contributed by atoms with van der Waals surface area (Å²) in [6.45, 7) is 4.17. The van der Waals surface area contributed by atoms with Crippen LogP contribution in [0.2, 0.25) is 0 Å². The maximum atomic E-state index is 14.6. The number of nitrogens with zero attached hydrogens (tertiary/aromatic N) is 2. The number of halogens is 1. The minimum atomic E-state index is -4.23. The Morgan fingerprint density at radius 1 is 0.826 bits per heavy atom. The first-order valence-corrected chi connectivity index (χ1v) is 17.6. The van der Waals surface area contributed by atoms with Gasteiger partial charge in [-0.05, 0) is 60.9 Å². The van der Waals surface area contributed by atoms with Gasteiger partial charge in [0, 0.05) is 24.0 Å². The number of benzene rings is 4. The Morgan fingerprint density at radius 2 is 1.46 bits per heavy atom. The lowest BCUT2D eigenvalue weighted by atomic mass is 10.0. The van der Waals surface area contributed by atoms with E-state index < -0.39 is 28.5 Å². The first-order chi connectivity index (χ1) is 22.2. The molecule has 0 aromatic heterocycles. The Morgan fingerprint density at radius 3 is 2.11 bits per heavy atom. The molecule has 4 rings (SSSR count). The van der Waals surface area contributed by atoms with Crippen LogP contribution in [0.15, 0.2) is 119 Å². The second-order valence-corrected chi connectivity index (χ2v) is 13.5. The van der Waals surface area contributed by atoms with Crippen LogP contribution in [-0.2, 0) is 32.6 Å². The summed E-state index contributed by atoms with van der Waals surface area (Å²) in [4.78, 5) is 30.0. The molecule has 4 aromatic rings. The normalized spacial score (nSPS) is 11.8. The number of nitrogens with one attached hydrogen (secondary N) is 1. The van der Waals surface area contributed by atoms with E-state index in [0.717, 1.165) is 32.7 Å². The van der Waals surface area contributed by atoms with Crippen molar-refractivity contribution < 1.29 is 22.7 Å². The molecule has 0 unspecified atom stereocenters. The van der Waals surface area contributed by atoms with Gasteiger partial charge in [-0.2, -0.15) is 0 Å². The molecule has 8 nitrogen and oxygen atoms in total. The fraction of sp³-hybridized carbons (Fsp3) is 0.278. The SMILES string of the molecule is CCCCNC(=O)[C@@H](Cc1ccccc1)N(Cc1ccc(Br)cc1)C(=O)CN(c1ccccc1OCC)S(=O)(=O)c1ccccc1. The first kappa shape index (κ1) is 34.7. The van der Waals surface area contributed by atoms with Gasteiger partial charge in [-0.15, -0.1) is 0 Å². The van der Waals surface area contributed by atoms with Crippen LogP contribution in [0, 0.1) is 0 Å². The third kappa shape index (κ3) is 9.20. The largest absolute Gasteiger partial charge is 0.492 e. The summed E-state index contributed by atoms with van der Waals surface area (Å²) in [5.41, 5.74) is 1.91. The highest BCUT2D eigenvalue weighted by Gasteiger charge is 2.35. The number of amides is 2. The van der Waals surface area contributed by atoms with E-state index in [-0.39, 0.29) is 29.5 Å². The van der Waals surface area contributed by atoms with Crippen molar-refractivity contribution in [2.75, 3.05) is 24.0 Å². The molecule has 4 aromatic carbocycles. The fourth-order valence-electron chi connectivity index (χ4n) is 5.02. The third-order valence-electron chi connectivity index (χ3n) is 7.41. The molecule has 0 bridgehead atoms. The Balaban J connectivity index is 1.81. The molecule has 0 aliphatic heterocycles. The van der Waals surface area contributed by atoms with Crippen molar-refractivity contribution in [2.45, 2.75) is 50.6 Å². The summed E-state index contributed by atoms with van der Waals surface area (Å²) in [7, 11) is -4.23. The topological polar surface area (TPSA) is 96.0 Å². The van der Waals surface area contributed by atoms with E-state index in [1.807, 2.05) is 68.4 Å². The number of rotatable bonds is 16. The van der Waals surface area contributed by atoms with E-state index in [2.05, 4.69) is 21.2 Å². The van der Waals surface area contributed by atoms with Crippen LogP contribution in [0.25, 0.3) is 0 Å². The van der Waals surface area contributed by atoms with Crippen molar-refractivity contribution in [1.82, 2.24) is 10.2 Å². The van der Waals surface area contributed by atoms with Gasteiger partial charge in [0.05, 0.1) is 17.2 Å². The lowest BCUT2D eigenvalue weighted by molar-refractivity contribution is -0.140. The number of sulfonamides is 1. The Hall–Kier alpha value is -4.15. The van der Waals surface area contributed by atoms with Crippen molar-refractivity contribution in [3.8, 4) is 5.75 Å². The molecular formula is C36H40BrN3O5S. The summed E-state index contributed by atoms with van der Waals surface area (Å²) in [6.07, 6.45) is 1.94. The molecule has 0 radical (unpaired) electrons. The van der Waals surface area contributed by atoms with Gasteiger partial charge in [0.25, 0.3) is 10.0 Å². The van der Waals surface area contributed by atoms with Gasteiger partial charge < -0.3 is 15.0 Å². The zero-order valence-corrected chi connectivity index (χ0v) is 28.5. The van der Waals surface area contributed by atoms with Crippen LogP contribution < -0.4 is 14.4 Å². The minimum Gasteiger partial charge on any atom is -0.492 e. The van der Waals surface area contributed by atoms with E-state index in [9.17, 15) is 18.0 Å². The molecule has 0 saturated heterocycles. The monoisotopic (exact) mass is 705 g/mol. The summed E-state index contributed by atoms with van der Waals surface area (Å²) < 4.78 is 36.2. The van der Waals surface area contributed by atoms with Gasteiger partial charge in [-0.1, -0.05) is 102 Å². The quantitative estimate of drug-likeness (QED) is 0.133. The number of ether oxygens (including phenoxy) is 1. The van der Waals surface area contributed by atoms with E-state index >= 15 is 0 Å². The number of hydrogen-bond donors (Lipinski definition) is 1. The van der Waals surface area contributed by atoms with Crippen LogP contribution in [-0.4, -0.2) is 50.9 Å². The molecule has 2 amide bonds. The lowest BCUT2D eigenvalue weighted by Crippen LogP contribution is -2.53. The number of unbranched alkanes of at least 4 members (excludes halogenated alkanes) is 1. The van der Waals surface area contributed by atoms with E-state index in [1.165, 1.54) is 17.0 Å². The molecule has 0 saturated carbocycles. The number of carbonyl (C=O) groups excluding carboxylic acids is 2. The number of hydrogen-bond acceptors (Lipinski definition) is 5. The van der Waals surface area contributed by atoms with Crippen LogP contribution in [0.3, 0.4) is 0 Å². The Labute approximate surface area is 280 Å². The van der Waals surface area contributed by atoms with E-state index in [0.29, 0.717) is 18.9 Å². The van der Waals surface area contributed by atoms with Crippen LogP contribution >= 0.6 is 15.9 Å².